The number of methoxy groups -OCH3 is 1. The summed E-state index contributed by atoms with van der Waals surface area (Å²) in [6.45, 7) is -0.149. The molecule has 0 spiro atoms. The number of carbonyl (C=O) groups excluding carboxylic acids is 2. The largest absolute Gasteiger partial charge is 0.495 e. The van der Waals surface area contributed by atoms with Gasteiger partial charge in [-0.15, -0.1) is 0 Å². The van der Waals surface area contributed by atoms with Gasteiger partial charge in [0.15, 0.2) is 9.84 Å². The van der Waals surface area contributed by atoms with E-state index in [2.05, 4.69) is 10.6 Å². The molecule has 1 aliphatic rings. The standard InChI is InChI=1S/C15H19ClN2O5S/c1-23-13-5-4-11(8-12(13)16)24(21,22)7-6-14(19)17-9-15(20)18-10-2-3-10/h4-5,8,10H,2-3,6-7,9H2,1H3,(H,17,19)(H,18,20). The van der Waals surface area contributed by atoms with Crippen molar-refractivity contribution in [1.82, 2.24) is 10.6 Å². The van der Waals surface area contributed by atoms with E-state index in [0.29, 0.717) is 5.75 Å². The zero-order chi connectivity index (χ0) is 17.7. The first kappa shape index (κ1) is 18.5. The first-order chi connectivity index (χ1) is 11.3. The fourth-order valence-corrected chi connectivity index (χ4v) is 3.54. The molecule has 2 rings (SSSR count). The van der Waals surface area contributed by atoms with E-state index < -0.39 is 15.7 Å². The van der Waals surface area contributed by atoms with Crippen molar-refractivity contribution in [2.24, 2.45) is 0 Å². The molecule has 0 heterocycles. The number of hydrogen-bond donors (Lipinski definition) is 2. The first-order valence-corrected chi connectivity index (χ1v) is 9.47. The summed E-state index contributed by atoms with van der Waals surface area (Å²) < 4.78 is 29.4. The normalized spacial score (nSPS) is 14.1. The van der Waals surface area contributed by atoms with Crippen LogP contribution >= 0.6 is 11.6 Å². The Morgan fingerprint density at radius 2 is 2.00 bits per heavy atom. The Hall–Kier alpha value is -1.80. The SMILES string of the molecule is COc1ccc(S(=O)(=O)CCC(=O)NCC(=O)NC2CC2)cc1Cl. The van der Waals surface area contributed by atoms with E-state index in [0.717, 1.165) is 12.8 Å². The highest BCUT2D eigenvalue weighted by Gasteiger charge is 2.23. The summed E-state index contributed by atoms with van der Waals surface area (Å²) in [6.07, 6.45) is 1.69. The Morgan fingerprint density at radius 1 is 1.29 bits per heavy atom. The Labute approximate surface area is 145 Å². The van der Waals surface area contributed by atoms with Crippen LogP contribution in [0.5, 0.6) is 5.75 Å². The third kappa shape index (κ3) is 5.38. The minimum absolute atomic E-state index is 0.0209. The summed E-state index contributed by atoms with van der Waals surface area (Å²) in [5.41, 5.74) is 0. The Balaban J connectivity index is 1.83. The van der Waals surface area contributed by atoms with E-state index in [9.17, 15) is 18.0 Å². The minimum Gasteiger partial charge on any atom is -0.495 e. The maximum Gasteiger partial charge on any atom is 0.239 e. The fourth-order valence-electron chi connectivity index (χ4n) is 1.96. The number of benzene rings is 1. The summed E-state index contributed by atoms with van der Waals surface area (Å²) in [5.74, 6) is -0.763. The summed E-state index contributed by atoms with van der Waals surface area (Å²) in [6, 6.07) is 4.34. The summed E-state index contributed by atoms with van der Waals surface area (Å²) in [5, 5.41) is 5.31. The van der Waals surface area contributed by atoms with Crippen molar-refractivity contribution < 1.29 is 22.7 Å². The van der Waals surface area contributed by atoms with Crippen LogP contribution in [0.4, 0.5) is 0 Å². The van der Waals surface area contributed by atoms with Crippen LogP contribution < -0.4 is 15.4 Å². The molecule has 1 aliphatic carbocycles. The van der Waals surface area contributed by atoms with Gasteiger partial charge in [-0.3, -0.25) is 9.59 Å². The Kier molecular flexibility index (Phi) is 6.06. The molecule has 0 aromatic heterocycles. The molecule has 0 atom stereocenters. The van der Waals surface area contributed by atoms with Crippen LogP contribution in [0.25, 0.3) is 0 Å². The average molecular weight is 375 g/mol. The van der Waals surface area contributed by atoms with Crippen molar-refractivity contribution in [3.05, 3.63) is 23.2 Å². The van der Waals surface area contributed by atoms with Gasteiger partial charge < -0.3 is 15.4 Å². The topological polar surface area (TPSA) is 102 Å². The third-order valence-corrected chi connectivity index (χ3v) is 5.48. The smallest absolute Gasteiger partial charge is 0.239 e. The van der Waals surface area contributed by atoms with Crippen LogP contribution in [0.2, 0.25) is 5.02 Å². The fraction of sp³-hybridized carbons (Fsp3) is 0.467. The monoisotopic (exact) mass is 374 g/mol. The quantitative estimate of drug-likeness (QED) is 0.704. The van der Waals surface area contributed by atoms with Gasteiger partial charge in [0, 0.05) is 12.5 Å². The lowest BCUT2D eigenvalue weighted by Gasteiger charge is -2.08. The van der Waals surface area contributed by atoms with Gasteiger partial charge >= 0.3 is 0 Å². The predicted octanol–water partition coefficient (Wildman–Crippen LogP) is 0.907. The van der Waals surface area contributed by atoms with E-state index in [1.807, 2.05) is 0 Å². The molecule has 0 aliphatic heterocycles. The van der Waals surface area contributed by atoms with Gasteiger partial charge in [-0.05, 0) is 31.0 Å². The second kappa shape index (κ2) is 7.85. The summed E-state index contributed by atoms with van der Waals surface area (Å²) in [7, 11) is -2.22. The number of sulfone groups is 1. The van der Waals surface area contributed by atoms with Crippen LogP contribution in [0.1, 0.15) is 19.3 Å². The molecule has 24 heavy (non-hydrogen) atoms. The number of amides is 2. The molecule has 0 unspecified atom stereocenters. The van der Waals surface area contributed by atoms with Crippen LogP contribution in [0.15, 0.2) is 23.1 Å². The summed E-state index contributed by atoms with van der Waals surface area (Å²) >= 11 is 5.92. The molecule has 7 nitrogen and oxygen atoms in total. The zero-order valence-electron chi connectivity index (χ0n) is 13.2. The molecule has 132 valence electrons. The molecule has 1 fully saturated rings. The number of carbonyl (C=O) groups is 2. The lowest BCUT2D eigenvalue weighted by molar-refractivity contribution is -0.125. The maximum atomic E-state index is 12.2. The van der Waals surface area contributed by atoms with Crippen molar-refractivity contribution in [2.45, 2.75) is 30.2 Å². The lowest BCUT2D eigenvalue weighted by Crippen LogP contribution is -2.38. The van der Waals surface area contributed by atoms with Crippen LogP contribution in [0, 0.1) is 0 Å². The van der Waals surface area contributed by atoms with Gasteiger partial charge in [0.25, 0.3) is 0 Å². The number of hydrogen-bond acceptors (Lipinski definition) is 5. The molecule has 0 bridgehead atoms. The predicted molar refractivity (Wildman–Crippen MR) is 88.8 cm³/mol. The highest BCUT2D eigenvalue weighted by molar-refractivity contribution is 7.91. The van der Waals surface area contributed by atoms with E-state index in [-0.39, 0.29) is 40.6 Å². The molecule has 2 amide bonds. The van der Waals surface area contributed by atoms with Gasteiger partial charge in [-0.2, -0.15) is 0 Å². The average Bonchev–Trinajstić information content (AvgIpc) is 3.35. The molecule has 2 N–H and O–H groups in total. The van der Waals surface area contributed by atoms with Crippen molar-refractivity contribution in [3.8, 4) is 5.75 Å². The van der Waals surface area contributed by atoms with E-state index in [1.165, 1.54) is 25.3 Å². The highest BCUT2D eigenvalue weighted by Crippen LogP contribution is 2.27. The molecule has 1 saturated carbocycles. The lowest BCUT2D eigenvalue weighted by atomic mass is 10.3. The van der Waals surface area contributed by atoms with Gasteiger partial charge in [0.05, 0.1) is 29.3 Å². The number of halogens is 1. The van der Waals surface area contributed by atoms with Crippen molar-refractivity contribution in [3.63, 3.8) is 0 Å². The maximum absolute atomic E-state index is 12.2. The van der Waals surface area contributed by atoms with Gasteiger partial charge in [-0.1, -0.05) is 11.6 Å². The number of ether oxygens (including phenoxy) is 1. The van der Waals surface area contributed by atoms with Crippen LogP contribution in [-0.2, 0) is 19.4 Å². The second-order valence-corrected chi connectivity index (χ2v) is 8.00. The molecule has 1 aromatic rings. The molecule has 9 heteroatoms. The molecular formula is C15H19ClN2O5S. The number of nitrogens with one attached hydrogen (secondary N) is 2. The third-order valence-electron chi connectivity index (χ3n) is 3.47. The van der Waals surface area contributed by atoms with Crippen molar-refractivity contribution in [2.75, 3.05) is 19.4 Å². The summed E-state index contributed by atoms with van der Waals surface area (Å²) in [4.78, 5) is 23.2. The molecular weight excluding hydrogens is 356 g/mol. The van der Waals surface area contributed by atoms with E-state index >= 15 is 0 Å². The molecule has 1 aromatic carbocycles. The van der Waals surface area contributed by atoms with Crippen molar-refractivity contribution in [1.29, 1.82) is 0 Å². The van der Waals surface area contributed by atoms with Crippen LogP contribution in [0.3, 0.4) is 0 Å². The Morgan fingerprint density at radius 3 is 2.58 bits per heavy atom. The van der Waals surface area contributed by atoms with E-state index in [4.69, 9.17) is 16.3 Å². The van der Waals surface area contributed by atoms with E-state index in [1.54, 1.807) is 0 Å². The van der Waals surface area contributed by atoms with Gasteiger partial charge in [0.1, 0.15) is 5.75 Å². The minimum atomic E-state index is -3.65. The number of rotatable bonds is 8. The first-order valence-electron chi connectivity index (χ1n) is 7.44. The second-order valence-electron chi connectivity index (χ2n) is 5.48. The van der Waals surface area contributed by atoms with Crippen molar-refractivity contribution >= 4 is 33.3 Å². The highest BCUT2D eigenvalue weighted by atomic mass is 35.5. The van der Waals surface area contributed by atoms with Crippen LogP contribution in [-0.4, -0.2) is 45.7 Å². The zero-order valence-corrected chi connectivity index (χ0v) is 14.7. The molecule has 0 radical (unpaired) electrons. The Bertz CT molecular complexity index is 731. The van der Waals surface area contributed by atoms with Gasteiger partial charge in [0.2, 0.25) is 11.8 Å². The molecule has 0 saturated heterocycles. The van der Waals surface area contributed by atoms with Gasteiger partial charge in [-0.25, -0.2) is 8.42 Å².